The van der Waals surface area contributed by atoms with Crippen molar-refractivity contribution in [1.29, 1.82) is 0 Å². The number of ether oxygens (including phenoxy) is 1. The van der Waals surface area contributed by atoms with Gasteiger partial charge < -0.3 is 9.64 Å². The van der Waals surface area contributed by atoms with Crippen molar-refractivity contribution in [3.05, 3.63) is 35.4 Å². The van der Waals surface area contributed by atoms with Gasteiger partial charge >= 0.3 is 0 Å². The molecular formula is C15H20BrNO2. The van der Waals surface area contributed by atoms with E-state index in [0.29, 0.717) is 5.92 Å². The largest absolute Gasteiger partial charge is 0.384 e. The molecule has 0 radical (unpaired) electrons. The smallest absolute Gasteiger partial charge is 0.253 e. The lowest BCUT2D eigenvalue weighted by Gasteiger charge is -2.32. The molecule has 1 saturated heterocycles. The topological polar surface area (TPSA) is 29.5 Å². The highest BCUT2D eigenvalue weighted by molar-refractivity contribution is 9.08. The first-order valence-corrected chi connectivity index (χ1v) is 7.80. The third-order valence-corrected chi connectivity index (χ3v) is 4.21. The van der Waals surface area contributed by atoms with E-state index in [4.69, 9.17) is 4.74 Å². The second-order valence-corrected chi connectivity index (χ2v) is 5.61. The molecule has 104 valence electrons. The second-order valence-electron chi connectivity index (χ2n) is 5.05. The summed E-state index contributed by atoms with van der Waals surface area (Å²) in [6, 6.07) is 7.83. The number of amides is 1. The fourth-order valence-corrected chi connectivity index (χ4v) is 2.91. The summed E-state index contributed by atoms with van der Waals surface area (Å²) >= 11 is 3.41. The summed E-state index contributed by atoms with van der Waals surface area (Å²) in [6.07, 6.45) is 2.22. The molecule has 1 heterocycles. The van der Waals surface area contributed by atoms with Crippen molar-refractivity contribution in [3.8, 4) is 0 Å². The first kappa shape index (κ1) is 14.5. The van der Waals surface area contributed by atoms with E-state index in [2.05, 4.69) is 15.9 Å². The lowest BCUT2D eigenvalue weighted by Crippen LogP contribution is -2.41. The standard InChI is InChI=1S/C15H20BrNO2/c1-19-11-13-3-2-8-17(10-13)15(18)14-6-4-12(9-16)5-7-14/h4-7,13H,2-3,8-11H2,1H3. The van der Waals surface area contributed by atoms with Crippen molar-refractivity contribution in [2.45, 2.75) is 18.2 Å². The van der Waals surface area contributed by atoms with Crippen LogP contribution in [0.2, 0.25) is 0 Å². The van der Waals surface area contributed by atoms with Gasteiger partial charge in [-0.05, 0) is 36.5 Å². The Kier molecular flexibility index (Phi) is 5.40. The van der Waals surface area contributed by atoms with Gasteiger partial charge in [0.15, 0.2) is 0 Å². The van der Waals surface area contributed by atoms with Crippen molar-refractivity contribution in [2.24, 2.45) is 5.92 Å². The molecule has 0 spiro atoms. The molecule has 1 aliphatic rings. The van der Waals surface area contributed by atoms with Gasteiger partial charge in [-0.1, -0.05) is 28.1 Å². The van der Waals surface area contributed by atoms with Crippen LogP contribution in [0.5, 0.6) is 0 Å². The number of hydrogen-bond acceptors (Lipinski definition) is 2. The zero-order chi connectivity index (χ0) is 13.7. The van der Waals surface area contributed by atoms with Gasteiger partial charge in [0.2, 0.25) is 0 Å². The van der Waals surface area contributed by atoms with E-state index in [1.807, 2.05) is 29.2 Å². The van der Waals surface area contributed by atoms with Crippen LogP contribution in [0.1, 0.15) is 28.8 Å². The zero-order valence-electron chi connectivity index (χ0n) is 11.3. The van der Waals surface area contributed by atoms with Crippen LogP contribution in [0.4, 0.5) is 0 Å². The number of hydrogen-bond donors (Lipinski definition) is 0. The summed E-state index contributed by atoms with van der Waals surface area (Å²) in [5.74, 6) is 0.617. The Morgan fingerprint density at radius 3 is 2.79 bits per heavy atom. The number of methoxy groups -OCH3 is 1. The summed E-state index contributed by atoms with van der Waals surface area (Å²) < 4.78 is 5.20. The summed E-state index contributed by atoms with van der Waals surface area (Å²) in [4.78, 5) is 14.4. The van der Waals surface area contributed by atoms with Gasteiger partial charge in [-0.25, -0.2) is 0 Å². The maximum atomic E-state index is 12.4. The van der Waals surface area contributed by atoms with Gasteiger partial charge in [0.25, 0.3) is 5.91 Å². The fraction of sp³-hybridized carbons (Fsp3) is 0.533. The Labute approximate surface area is 123 Å². The average molecular weight is 326 g/mol. The van der Waals surface area contributed by atoms with E-state index < -0.39 is 0 Å². The Bertz CT molecular complexity index is 417. The molecule has 1 aromatic carbocycles. The second kappa shape index (κ2) is 7.06. The summed E-state index contributed by atoms with van der Waals surface area (Å²) in [5.41, 5.74) is 1.97. The van der Waals surface area contributed by atoms with Gasteiger partial charge in [-0.2, -0.15) is 0 Å². The Balaban J connectivity index is 2.01. The minimum Gasteiger partial charge on any atom is -0.384 e. The van der Waals surface area contributed by atoms with Crippen LogP contribution in [0.25, 0.3) is 0 Å². The Morgan fingerprint density at radius 2 is 2.16 bits per heavy atom. The van der Waals surface area contributed by atoms with Gasteiger partial charge in [0.1, 0.15) is 0 Å². The Hall–Kier alpha value is -0.870. The predicted octanol–water partition coefficient (Wildman–Crippen LogP) is 3.08. The van der Waals surface area contributed by atoms with Crippen molar-refractivity contribution in [1.82, 2.24) is 4.90 Å². The monoisotopic (exact) mass is 325 g/mol. The first-order valence-electron chi connectivity index (χ1n) is 6.67. The van der Waals surface area contributed by atoms with Crippen LogP contribution in [-0.2, 0) is 10.1 Å². The number of rotatable bonds is 4. The Morgan fingerprint density at radius 1 is 1.42 bits per heavy atom. The minimum atomic E-state index is 0.141. The zero-order valence-corrected chi connectivity index (χ0v) is 12.9. The SMILES string of the molecule is COCC1CCCN(C(=O)c2ccc(CBr)cc2)C1. The quantitative estimate of drug-likeness (QED) is 0.796. The summed E-state index contributed by atoms with van der Waals surface area (Å²) in [7, 11) is 1.72. The molecule has 0 N–H and O–H groups in total. The number of alkyl halides is 1. The third kappa shape index (κ3) is 3.80. The first-order chi connectivity index (χ1) is 9.24. The van der Waals surface area contributed by atoms with Crippen molar-refractivity contribution in [2.75, 3.05) is 26.8 Å². The van der Waals surface area contributed by atoms with Gasteiger partial charge in [-0.15, -0.1) is 0 Å². The molecule has 1 fully saturated rings. The number of piperidine rings is 1. The molecule has 1 amide bonds. The van der Waals surface area contributed by atoms with E-state index >= 15 is 0 Å². The molecule has 0 aliphatic carbocycles. The lowest BCUT2D eigenvalue weighted by molar-refractivity contribution is 0.0571. The van der Waals surface area contributed by atoms with Crippen molar-refractivity contribution in [3.63, 3.8) is 0 Å². The number of halogens is 1. The van der Waals surface area contributed by atoms with Crippen LogP contribution < -0.4 is 0 Å². The highest BCUT2D eigenvalue weighted by atomic mass is 79.9. The molecule has 19 heavy (non-hydrogen) atoms. The molecule has 1 atom stereocenters. The van der Waals surface area contributed by atoms with Gasteiger partial charge in [0.05, 0.1) is 6.61 Å². The van der Waals surface area contributed by atoms with Crippen LogP contribution in [0.15, 0.2) is 24.3 Å². The number of carbonyl (C=O) groups excluding carboxylic acids is 1. The highest BCUT2D eigenvalue weighted by Gasteiger charge is 2.24. The molecule has 1 aromatic rings. The number of likely N-dealkylation sites (tertiary alicyclic amines) is 1. The van der Waals surface area contributed by atoms with Gasteiger partial charge in [-0.3, -0.25) is 4.79 Å². The van der Waals surface area contributed by atoms with E-state index in [9.17, 15) is 4.79 Å². The third-order valence-electron chi connectivity index (χ3n) is 3.56. The minimum absolute atomic E-state index is 0.141. The van der Waals surface area contributed by atoms with E-state index in [-0.39, 0.29) is 5.91 Å². The number of benzene rings is 1. The van der Waals surface area contributed by atoms with Crippen LogP contribution >= 0.6 is 15.9 Å². The molecule has 4 heteroatoms. The molecule has 1 aliphatic heterocycles. The lowest BCUT2D eigenvalue weighted by atomic mass is 9.98. The van der Waals surface area contributed by atoms with Crippen molar-refractivity contribution >= 4 is 21.8 Å². The number of carbonyl (C=O) groups is 1. The van der Waals surface area contributed by atoms with Crippen LogP contribution in [-0.4, -0.2) is 37.6 Å². The molecule has 3 nitrogen and oxygen atoms in total. The maximum absolute atomic E-state index is 12.4. The van der Waals surface area contributed by atoms with Crippen LogP contribution in [0, 0.1) is 5.92 Å². The molecule has 2 rings (SSSR count). The molecular weight excluding hydrogens is 306 g/mol. The van der Waals surface area contributed by atoms with E-state index in [0.717, 1.165) is 43.4 Å². The summed E-state index contributed by atoms with van der Waals surface area (Å²) in [5, 5.41) is 0.821. The van der Waals surface area contributed by atoms with Crippen LogP contribution in [0.3, 0.4) is 0 Å². The maximum Gasteiger partial charge on any atom is 0.253 e. The van der Waals surface area contributed by atoms with Gasteiger partial charge in [0, 0.05) is 31.1 Å². The average Bonchev–Trinajstić information content (AvgIpc) is 2.47. The molecule has 1 unspecified atom stereocenters. The summed E-state index contributed by atoms with van der Waals surface area (Å²) in [6.45, 7) is 2.42. The molecule has 0 bridgehead atoms. The molecule has 0 saturated carbocycles. The fourth-order valence-electron chi connectivity index (χ4n) is 2.54. The highest BCUT2D eigenvalue weighted by Crippen LogP contribution is 2.19. The predicted molar refractivity (Wildman–Crippen MR) is 79.6 cm³/mol. The van der Waals surface area contributed by atoms with Crippen molar-refractivity contribution < 1.29 is 9.53 Å². The number of nitrogens with zero attached hydrogens (tertiary/aromatic N) is 1. The normalized spacial score (nSPS) is 19.5. The molecule has 0 aromatic heterocycles. The van der Waals surface area contributed by atoms with E-state index in [1.165, 1.54) is 5.56 Å². The van der Waals surface area contributed by atoms with E-state index in [1.54, 1.807) is 7.11 Å².